The Labute approximate surface area is 213 Å². The van der Waals surface area contributed by atoms with Crippen LogP contribution in [0.15, 0.2) is 53.7 Å². The molecule has 6 nitrogen and oxygen atoms in total. The zero-order chi connectivity index (χ0) is 28.0. The number of aromatic nitrogens is 1. The van der Waals surface area contributed by atoms with Gasteiger partial charge in [-0.3, -0.25) is 19.5 Å². The van der Waals surface area contributed by atoms with Gasteiger partial charge in [-0.2, -0.15) is 0 Å². The van der Waals surface area contributed by atoms with Crippen LogP contribution in [0.25, 0.3) is 0 Å². The van der Waals surface area contributed by atoms with E-state index >= 15 is 0 Å². The monoisotopic (exact) mass is 569 g/mol. The van der Waals surface area contributed by atoms with Crippen LogP contribution in [0.3, 0.4) is 0 Å². The first-order valence-electron chi connectivity index (χ1n) is 11.9. The molecule has 0 radical (unpaired) electrons. The Morgan fingerprint density at radius 2 is 1.63 bits per heavy atom. The highest BCUT2D eigenvalue weighted by Gasteiger charge is 2.65. The van der Waals surface area contributed by atoms with Gasteiger partial charge in [0.15, 0.2) is 0 Å². The number of alkyl halides is 2. The third-order valence-electron chi connectivity index (χ3n) is 6.83. The molecule has 2 aromatic rings. The number of halogens is 7. The second kappa shape index (κ2) is 9.11. The van der Waals surface area contributed by atoms with Gasteiger partial charge in [0.1, 0.15) is 10.9 Å². The summed E-state index contributed by atoms with van der Waals surface area (Å²) in [6, 6.07) is 2.43. The van der Waals surface area contributed by atoms with Gasteiger partial charge in [-0.15, -0.1) is 0 Å². The average Bonchev–Trinajstić information content (AvgIpc) is 2.80. The van der Waals surface area contributed by atoms with E-state index in [1.54, 1.807) is 0 Å². The SMILES string of the molecule is O=C(NC1CCC(F)(F)CC1)C(c1cccnc1)N(C(=O)C1CC(O)C1)c1ccc(S(F)(F)(F)(F)F)cc1. The Morgan fingerprint density at radius 1 is 1.03 bits per heavy atom. The molecule has 2 aliphatic carbocycles. The van der Waals surface area contributed by atoms with Crippen LogP contribution in [-0.4, -0.2) is 40.0 Å². The summed E-state index contributed by atoms with van der Waals surface area (Å²) >= 11 is 0. The molecule has 2 fully saturated rings. The van der Waals surface area contributed by atoms with E-state index in [9.17, 15) is 42.9 Å². The van der Waals surface area contributed by atoms with Crippen LogP contribution in [0.1, 0.15) is 50.1 Å². The summed E-state index contributed by atoms with van der Waals surface area (Å²) in [4.78, 5) is 29.8. The van der Waals surface area contributed by atoms with Crippen molar-refractivity contribution < 1.29 is 42.9 Å². The van der Waals surface area contributed by atoms with Crippen LogP contribution in [-0.2, 0) is 9.59 Å². The number of amides is 2. The van der Waals surface area contributed by atoms with Crippen molar-refractivity contribution in [2.24, 2.45) is 5.92 Å². The molecule has 1 heterocycles. The van der Waals surface area contributed by atoms with Gasteiger partial charge in [-0.05, 0) is 56.0 Å². The normalized spacial score (nSPS) is 24.3. The maximum absolute atomic E-state index is 13.6. The van der Waals surface area contributed by atoms with Crippen molar-refractivity contribution in [3.8, 4) is 0 Å². The van der Waals surface area contributed by atoms with Gasteiger partial charge in [0, 0.05) is 48.4 Å². The van der Waals surface area contributed by atoms with Crippen molar-refractivity contribution in [1.82, 2.24) is 10.3 Å². The van der Waals surface area contributed by atoms with E-state index in [2.05, 4.69) is 10.3 Å². The van der Waals surface area contributed by atoms with Crippen molar-refractivity contribution >= 4 is 27.7 Å². The maximum Gasteiger partial charge on any atom is 0.310 e. The minimum Gasteiger partial charge on any atom is -0.393 e. The molecule has 2 N–H and O–H groups in total. The van der Waals surface area contributed by atoms with E-state index in [4.69, 9.17) is 0 Å². The van der Waals surface area contributed by atoms with Crippen molar-refractivity contribution in [1.29, 1.82) is 0 Å². The number of aliphatic hydroxyl groups is 1. The molecule has 0 spiro atoms. The molecule has 0 aliphatic heterocycles. The first-order valence-corrected chi connectivity index (χ1v) is 13.8. The highest BCUT2D eigenvalue weighted by atomic mass is 32.5. The largest absolute Gasteiger partial charge is 0.393 e. The highest BCUT2D eigenvalue weighted by molar-refractivity contribution is 8.45. The third-order valence-corrected chi connectivity index (χ3v) is 7.99. The van der Waals surface area contributed by atoms with E-state index in [0.717, 1.165) is 4.90 Å². The fourth-order valence-electron chi connectivity index (χ4n) is 4.67. The van der Waals surface area contributed by atoms with Crippen molar-refractivity contribution in [2.45, 2.75) is 67.5 Å². The summed E-state index contributed by atoms with van der Waals surface area (Å²) < 4.78 is 93.7. The Bertz CT molecular complexity index is 1180. The summed E-state index contributed by atoms with van der Waals surface area (Å²) in [5, 5.41) is 12.4. The van der Waals surface area contributed by atoms with Gasteiger partial charge in [-0.1, -0.05) is 25.5 Å². The van der Waals surface area contributed by atoms with E-state index < -0.39 is 69.8 Å². The summed E-state index contributed by atoms with van der Waals surface area (Å²) in [6.07, 6.45) is 0.992. The number of benzene rings is 1. The lowest BCUT2D eigenvalue weighted by molar-refractivity contribution is -0.133. The van der Waals surface area contributed by atoms with Crippen molar-refractivity contribution in [3.63, 3.8) is 0 Å². The van der Waals surface area contributed by atoms with Crippen LogP contribution in [0.5, 0.6) is 0 Å². The molecular formula is C24H26F7N3O3S. The molecule has 2 saturated carbocycles. The maximum atomic E-state index is 13.6. The van der Waals surface area contributed by atoms with E-state index in [0.29, 0.717) is 12.1 Å². The summed E-state index contributed by atoms with van der Waals surface area (Å²) in [5.41, 5.74) is -0.0997. The quantitative estimate of drug-likeness (QED) is 0.385. The Kier molecular flexibility index (Phi) is 6.75. The first kappa shape index (κ1) is 28.1. The van der Waals surface area contributed by atoms with Crippen molar-refractivity contribution in [2.75, 3.05) is 4.90 Å². The fraction of sp³-hybridized carbons (Fsp3) is 0.458. The van der Waals surface area contributed by atoms with Crippen LogP contribution in [0.2, 0.25) is 0 Å². The summed E-state index contributed by atoms with van der Waals surface area (Å²) in [7, 11) is -10.0. The van der Waals surface area contributed by atoms with Crippen LogP contribution < -0.4 is 10.2 Å². The van der Waals surface area contributed by atoms with Gasteiger partial charge in [0.2, 0.25) is 17.7 Å². The Balaban J connectivity index is 1.73. The van der Waals surface area contributed by atoms with Gasteiger partial charge < -0.3 is 10.4 Å². The van der Waals surface area contributed by atoms with Gasteiger partial charge in [0.05, 0.1) is 6.10 Å². The number of anilines is 1. The topological polar surface area (TPSA) is 82.5 Å². The fourth-order valence-corrected chi connectivity index (χ4v) is 5.32. The lowest BCUT2D eigenvalue weighted by Gasteiger charge is -2.41. The number of aliphatic hydroxyl groups excluding tert-OH is 1. The molecule has 0 saturated heterocycles. The zero-order valence-electron chi connectivity index (χ0n) is 19.9. The van der Waals surface area contributed by atoms with Gasteiger partial charge in [-0.25, -0.2) is 8.78 Å². The number of nitrogens with zero attached hydrogens (tertiary/aromatic N) is 2. The molecule has 1 atom stereocenters. The number of rotatable bonds is 7. The highest BCUT2D eigenvalue weighted by Crippen LogP contribution is 3.02. The van der Waals surface area contributed by atoms with Gasteiger partial charge >= 0.3 is 10.2 Å². The van der Waals surface area contributed by atoms with Crippen molar-refractivity contribution in [3.05, 3.63) is 54.4 Å². The molecular weight excluding hydrogens is 543 g/mol. The van der Waals surface area contributed by atoms with E-state index in [1.807, 2.05) is 0 Å². The molecule has 38 heavy (non-hydrogen) atoms. The zero-order valence-corrected chi connectivity index (χ0v) is 20.7. The predicted molar refractivity (Wildman–Crippen MR) is 126 cm³/mol. The molecule has 4 rings (SSSR count). The lowest BCUT2D eigenvalue weighted by Crippen LogP contribution is -2.51. The second-order valence-electron chi connectivity index (χ2n) is 9.82. The molecule has 2 aliphatic rings. The molecule has 1 aromatic carbocycles. The molecule has 2 amide bonds. The summed E-state index contributed by atoms with van der Waals surface area (Å²) in [6.45, 7) is 0. The first-order chi connectivity index (χ1) is 17.4. The van der Waals surface area contributed by atoms with Gasteiger partial charge in [0.25, 0.3) is 0 Å². The Morgan fingerprint density at radius 3 is 2.13 bits per heavy atom. The standard InChI is InChI=1S/C24H26F7N3O3S/c25-24(26)9-7-17(8-10-24)33-22(36)21(15-2-1-11-32-14-15)34(23(37)16-12-19(35)13-16)18-3-5-20(6-4-18)38(27,28,29,30)31/h1-6,11,14,16-17,19,21,35H,7-10,12-13H2,(H,33,36). The van der Waals surface area contributed by atoms with E-state index in [1.165, 1.54) is 24.5 Å². The number of nitrogens with one attached hydrogen (secondary N) is 1. The predicted octanol–water partition coefficient (Wildman–Crippen LogP) is 6.28. The number of carbonyl (C=O) groups is 2. The molecule has 1 unspecified atom stereocenters. The minimum atomic E-state index is -10.0. The average molecular weight is 570 g/mol. The minimum absolute atomic E-state index is 0.0279. The Hall–Kier alpha value is -2.87. The smallest absolute Gasteiger partial charge is 0.310 e. The number of pyridine rings is 1. The summed E-state index contributed by atoms with van der Waals surface area (Å²) in [5.74, 6) is -5.14. The van der Waals surface area contributed by atoms with E-state index in [-0.39, 0.29) is 49.1 Å². The lowest BCUT2D eigenvalue weighted by atomic mass is 9.81. The number of hydrogen-bond acceptors (Lipinski definition) is 4. The molecule has 210 valence electrons. The number of carbonyl (C=O) groups excluding carboxylic acids is 2. The van der Waals surface area contributed by atoms with Crippen LogP contribution >= 0.6 is 10.2 Å². The van der Waals surface area contributed by atoms with Crippen LogP contribution in [0, 0.1) is 5.92 Å². The molecule has 1 aromatic heterocycles. The molecule has 0 bridgehead atoms. The third kappa shape index (κ3) is 6.40. The van der Waals surface area contributed by atoms with Crippen LogP contribution in [0.4, 0.5) is 33.9 Å². The second-order valence-corrected chi connectivity index (χ2v) is 12.2. The number of hydrogen-bond donors (Lipinski definition) is 2. The molecule has 14 heteroatoms.